The molecule has 0 unspecified atom stereocenters. The number of aliphatic hydroxyl groups excluding tert-OH is 1. The zero-order chi connectivity index (χ0) is 17.8. The Labute approximate surface area is 147 Å². The van der Waals surface area contributed by atoms with E-state index in [-0.39, 0.29) is 30.2 Å². The molecule has 0 radical (unpaired) electrons. The van der Waals surface area contributed by atoms with E-state index in [4.69, 9.17) is 0 Å². The summed E-state index contributed by atoms with van der Waals surface area (Å²) in [6.45, 7) is 2.28. The largest absolute Gasteiger partial charge is 0.396 e. The van der Waals surface area contributed by atoms with Crippen LogP contribution in [0.4, 0.5) is 4.39 Å². The minimum Gasteiger partial charge on any atom is -0.396 e. The van der Waals surface area contributed by atoms with Crippen molar-refractivity contribution >= 4 is 11.8 Å². The maximum atomic E-state index is 13.3. The Kier molecular flexibility index (Phi) is 5.68. The fourth-order valence-electron chi connectivity index (χ4n) is 3.72. The van der Waals surface area contributed by atoms with Crippen molar-refractivity contribution in [1.82, 2.24) is 9.80 Å². The molecule has 5 nitrogen and oxygen atoms in total. The Hall–Kier alpha value is -1.95. The lowest BCUT2D eigenvalue weighted by Crippen LogP contribution is -2.48. The zero-order valence-corrected chi connectivity index (χ0v) is 14.4. The SMILES string of the molecule is O=C1CC[C@@H](C(=O)N2CCC(CO)CC2)CN1Cc1cccc(F)c1. The molecule has 2 fully saturated rings. The molecule has 136 valence electrons. The molecule has 1 N–H and O–H groups in total. The van der Waals surface area contributed by atoms with Crippen LogP contribution in [0.15, 0.2) is 24.3 Å². The average molecular weight is 348 g/mol. The summed E-state index contributed by atoms with van der Waals surface area (Å²) in [7, 11) is 0. The summed E-state index contributed by atoms with van der Waals surface area (Å²) in [6, 6.07) is 6.23. The smallest absolute Gasteiger partial charge is 0.227 e. The third kappa shape index (κ3) is 4.37. The second-order valence-electron chi connectivity index (χ2n) is 7.09. The lowest BCUT2D eigenvalue weighted by molar-refractivity contribution is -0.144. The van der Waals surface area contributed by atoms with Crippen LogP contribution in [0.2, 0.25) is 0 Å². The summed E-state index contributed by atoms with van der Waals surface area (Å²) in [4.78, 5) is 28.5. The second-order valence-corrected chi connectivity index (χ2v) is 7.09. The number of aliphatic hydroxyl groups is 1. The molecule has 2 heterocycles. The van der Waals surface area contributed by atoms with Crippen LogP contribution in [-0.4, -0.2) is 53.0 Å². The number of benzene rings is 1. The van der Waals surface area contributed by atoms with Gasteiger partial charge in [-0.25, -0.2) is 4.39 Å². The number of amides is 2. The zero-order valence-electron chi connectivity index (χ0n) is 14.4. The molecule has 0 bridgehead atoms. The van der Waals surface area contributed by atoms with Crippen molar-refractivity contribution in [2.45, 2.75) is 32.2 Å². The van der Waals surface area contributed by atoms with Gasteiger partial charge in [0.25, 0.3) is 0 Å². The maximum Gasteiger partial charge on any atom is 0.227 e. The van der Waals surface area contributed by atoms with E-state index < -0.39 is 0 Å². The third-order valence-electron chi connectivity index (χ3n) is 5.30. The topological polar surface area (TPSA) is 60.9 Å². The average Bonchev–Trinajstić information content (AvgIpc) is 2.63. The number of likely N-dealkylation sites (tertiary alicyclic amines) is 2. The van der Waals surface area contributed by atoms with Gasteiger partial charge in [-0.3, -0.25) is 9.59 Å². The van der Waals surface area contributed by atoms with E-state index >= 15 is 0 Å². The van der Waals surface area contributed by atoms with Crippen LogP contribution in [0.5, 0.6) is 0 Å². The Morgan fingerprint density at radius 3 is 2.68 bits per heavy atom. The number of hydrogen-bond acceptors (Lipinski definition) is 3. The summed E-state index contributed by atoms with van der Waals surface area (Å²) in [5.41, 5.74) is 0.741. The lowest BCUT2D eigenvalue weighted by atomic mass is 9.92. The van der Waals surface area contributed by atoms with Crippen LogP contribution in [0.3, 0.4) is 0 Å². The van der Waals surface area contributed by atoms with Crippen LogP contribution in [-0.2, 0) is 16.1 Å². The van der Waals surface area contributed by atoms with Crippen LogP contribution in [0.1, 0.15) is 31.2 Å². The van der Waals surface area contributed by atoms with Crippen molar-refractivity contribution in [3.05, 3.63) is 35.6 Å². The summed E-state index contributed by atoms with van der Waals surface area (Å²) in [5.74, 6) is -0.0832. The number of piperidine rings is 2. The number of carbonyl (C=O) groups is 2. The maximum absolute atomic E-state index is 13.3. The Morgan fingerprint density at radius 2 is 2.00 bits per heavy atom. The van der Waals surface area contributed by atoms with Gasteiger partial charge in [-0.15, -0.1) is 0 Å². The Morgan fingerprint density at radius 1 is 1.24 bits per heavy atom. The number of nitrogens with zero attached hydrogens (tertiary/aromatic N) is 2. The quantitative estimate of drug-likeness (QED) is 0.902. The Bertz CT molecular complexity index is 629. The van der Waals surface area contributed by atoms with Crippen LogP contribution < -0.4 is 0 Å². The molecule has 1 aromatic carbocycles. The normalized spacial score (nSPS) is 22.3. The first-order valence-electron chi connectivity index (χ1n) is 8.98. The van der Waals surface area contributed by atoms with Gasteiger partial charge in [0, 0.05) is 39.2 Å². The van der Waals surface area contributed by atoms with Gasteiger partial charge in [0.15, 0.2) is 0 Å². The molecule has 3 rings (SSSR count). The highest BCUT2D eigenvalue weighted by Crippen LogP contribution is 2.24. The fourth-order valence-corrected chi connectivity index (χ4v) is 3.72. The molecule has 0 saturated carbocycles. The monoisotopic (exact) mass is 348 g/mol. The summed E-state index contributed by atoms with van der Waals surface area (Å²) >= 11 is 0. The van der Waals surface area contributed by atoms with Gasteiger partial charge < -0.3 is 14.9 Å². The van der Waals surface area contributed by atoms with Gasteiger partial charge in [-0.2, -0.15) is 0 Å². The van der Waals surface area contributed by atoms with E-state index in [1.807, 2.05) is 4.90 Å². The molecule has 1 aromatic rings. The van der Waals surface area contributed by atoms with Crippen molar-refractivity contribution in [3.63, 3.8) is 0 Å². The summed E-state index contributed by atoms with van der Waals surface area (Å²) in [6.07, 6.45) is 2.61. The predicted molar refractivity (Wildman–Crippen MR) is 90.9 cm³/mol. The van der Waals surface area contributed by atoms with Crippen molar-refractivity contribution in [3.8, 4) is 0 Å². The first-order chi connectivity index (χ1) is 12.1. The highest BCUT2D eigenvalue weighted by Gasteiger charge is 2.34. The number of carbonyl (C=O) groups excluding carboxylic acids is 2. The van der Waals surface area contributed by atoms with Gasteiger partial charge in [0.05, 0.1) is 5.92 Å². The standard InChI is InChI=1S/C19H25FN2O3/c20-17-3-1-2-15(10-17)11-22-12-16(4-5-18(22)24)19(25)21-8-6-14(13-23)7-9-21/h1-3,10,14,16,23H,4-9,11-13H2/t16-/m1/s1. The van der Waals surface area contributed by atoms with Crippen molar-refractivity contribution in [2.75, 3.05) is 26.2 Å². The molecule has 2 aliphatic rings. The molecule has 0 aliphatic carbocycles. The first kappa shape index (κ1) is 17.9. The molecule has 6 heteroatoms. The lowest BCUT2D eigenvalue weighted by Gasteiger charge is -2.37. The summed E-state index contributed by atoms with van der Waals surface area (Å²) < 4.78 is 13.3. The van der Waals surface area contributed by atoms with E-state index in [1.165, 1.54) is 12.1 Å². The van der Waals surface area contributed by atoms with Crippen LogP contribution in [0.25, 0.3) is 0 Å². The van der Waals surface area contributed by atoms with Crippen LogP contribution in [0, 0.1) is 17.7 Å². The molecule has 2 amide bonds. The Balaban J connectivity index is 1.60. The van der Waals surface area contributed by atoms with E-state index in [0.29, 0.717) is 44.9 Å². The molecular weight excluding hydrogens is 323 g/mol. The molecule has 0 aromatic heterocycles. The van der Waals surface area contributed by atoms with Gasteiger partial charge in [0.1, 0.15) is 5.82 Å². The highest BCUT2D eigenvalue weighted by atomic mass is 19.1. The number of hydrogen-bond donors (Lipinski definition) is 1. The minimum absolute atomic E-state index is 0.0206. The van der Waals surface area contributed by atoms with E-state index in [0.717, 1.165) is 18.4 Å². The summed E-state index contributed by atoms with van der Waals surface area (Å²) in [5, 5.41) is 9.21. The molecule has 2 aliphatic heterocycles. The van der Waals surface area contributed by atoms with Crippen LogP contribution >= 0.6 is 0 Å². The van der Waals surface area contributed by atoms with E-state index in [1.54, 1.807) is 17.0 Å². The molecule has 25 heavy (non-hydrogen) atoms. The number of rotatable bonds is 4. The van der Waals surface area contributed by atoms with Gasteiger partial charge in [0.2, 0.25) is 11.8 Å². The minimum atomic E-state index is -0.318. The number of halogens is 1. The predicted octanol–water partition coefficient (Wildman–Crippen LogP) is 1.80. The molecular formula is C19H25FN2O3. The molecule has 0 spiro atoms. The van der Waals surface area contributed by atoms with Gasteiger partial charge in [-0.1, -0.05) is 12.1 Å². The first-order valence-corrected chi connectivity index (χ1v) is 8.98. The van der Waals surface area contributed by atoms with Gasteiger partial charge in [-0.05, 0) is 42.9 Å². The highest BCUT2D eigenvalue weighted by molar-refractivity contribution is 5.84. The molecule has 1 atom stereocenters. The second kappa shape index (κ2) is 7.95. The third-order valence-corrected chi connectivity index (χ3v) is 5.30. The van der Waals surface area contributed by atoms with Gasteiger partial charge >= 0.3 is 0 Å². The molecule has 2 saturated heterocycles. The van der Waals surface area contributed by atoms with Crippen molar-refractivity contribution in [2.24, 2.45) is 11.8 Å². The van der Waals surface area contributed by atoms with E-state index in [2.05, 4.69) is 0 Å². The van der Waals surface area contributed by atoms with Crippen molar-refractivity contribution < 1.29 is 19.1 Å². The van der Waals surface area contributed by atoms with Crippen molar-refractivity contribution in [1.29, 1.82) is 0 Å². The van der Waals surface area contributed by atoms with E-state index in [9.17, 15) is 19.1 Å². The fraction of sp³-hybridized carbons (Fsp3) is 0.579.